The molecule has 2 atom stereocenters. The smallest absolute Gasteiger partial charge is 0.322 e. The van der Waals surface area contributed by atoms with E-state index in [-0.39, 0.29) is 19.5 Å². The molecule has 0 bridgehead atoms. The van der Waals surface area contributed by atoms with E-state index in [9.17, 15) is 21.6 Å². The molecule has 0 spiro atoms. The van der Waals surface area contributed by atoms with Crippen molar-refractivity contribution >= 4 is 10.0 Å². The molecule has 0 saturated heterocycles. The largest absolute Gasteiger partial charge is 0.511 e. The van der Waals surface area contributed by atoms with Crippen LogP contribution in [-0.4, -0.2) is 13.9 Å². The molecule has 3 N–H and O–H groups in total. The van der Waals surface area contributed by atoms with Crippen LogP contribution in [0.5, 0.6) is 0 Å². The van der Waals surface area contributed by atoms with Gasteiger partial charge in [-0.05, 0) is 48.6 Å². The minimum atomic E-state index is -5.53. The monoisotopic (exact) mass is 566 g/mol. The van der Waals surface area contributed by atoms with E-state index in [1.165, 1.54) is 28.8 Å². The SMILES string of the molecule is Cc1cccc(C)c1C.N[C@H](c1ccccc1)[C@H](NS(=O)(=O)C(F)(F)F)c1ccccc1.[Ru]. The van der Waals surface area contributed by atoms with Crippen molar-refractivity contribution in [2.45, 2.75) is 38.4 Å². The number of sulfonamides is 1. The van der Waals surface area contributed by atoms with Gasteiger partial charge in [-0.15, -0.1) is 0 Å². The van der Waals surface area contributed by atoms with E-state index in [1.54, 1.807) is 53.3 Å². The number of nitrogens with two attached hydrogens (primary N) is 1. The second-order valence-electron chi connectivity index (χ2n) is 7.41. The third kappa shape index (κ3) is 8.03. The molecule has 3 aromatic rings. The van der Waals surface area contributed by atoms with Gasteiger partial charge in [0.05, 0.1) is 12.1 Å². The predicted molar refractivity (Wildman–Crippen MR) is 121 cm³/mol. The first-order valence-electron chi connectivity index (χ1n) is 9.91. The molecule has 3 rings (SSSR count). The molecule has 0 aliphatic carbocycles. The third-order valence-corrected chi connectivity index (χ3v) is 6.34. The van der Waals surface area contributed by atoms with E-state index in [1.807, 2.05) is 0 Å². The summed E-state index contributed by atoms with van der Waals surface area (Å²) >= 11 is 0. The molecule has 180 valence electrons. The van der Waals surface area contributed by atoms with Crippen molar-refractivity contribution in [3.8, 4) is 0 Å². The quantitative estimate of drug-likeness (QED) is 0.403. The maximum absolute atomic E-state index is 12.7. The minimum Gasteiger partial charge on any atom is -0.322 e. The van der Waals surface area contributed by atoms with Gasteiger partial charge in [-0.25, -0.2) is 8.42 Å². The fraction of sp³-hybridized carbons (Fsp3) is 0.250. The van der Waals surface area contributed by atoms with Crippen molar-refractivity contribution in [2.24, 2.45) is 5.73 Å². The van der Waals surface area contributed by atoms with Crippen LogP contribution in [0.1, 0.15) is 39.9 Å². The van der Waals surface area contributed by atoms with Gasteiger partial charge >= 0.3 is 15.5 Å². The fourth-order valence-corrected chi connectivity index (χ4v) is 3.76. The molecular formula is C24H27F3N2O2RuS. The van der Waals surface area contributed by atoms with E-state index >= 15 is 0 Å². The standard InChI is InChI=1S/C15H15F3N2O2S.C9H12.Ru/c16-15(17,18)23(21,22)20-14(12-9-5-2-6-10-12)13(19)11-7-3-1-4-8-11;1-7-5-4-6-8(2)9(7)3;/h1-10,13-14,20H,19H2;4-6H,1-3H3;/t13-,14-;;/m1../s1. The van der Waals surface area contributed by atoms with E-state index in [0.29, 0.717) is 11.1 Å². The zero-order valence-electron chi connectivity index (χ0n) is 18.4. The molecule has 3 aromatic carbocycles. The topological polar surface area (TPSA) is 72.2 Å². The molecule has 0 aromatic heterocycles. The average molecular weight is 566 g/mol. The molecule has 0 fully saturated rings. The number of benzene rings is 3. The molecule has 0 saturated carbocycles. The minimum absolute atomic E-state index is 0. The van der Waals surface area contributed by atoms with E-state index in [0.717, 1.165) is 0 Å². The summed E-state index contributed by atoms with van der Waals surface area (Å²) < 4.78 is 62.7. The fourth-order valence-electron chi connectivity index (χ4n) is 3.01. The third-order valence-electron chi connectivity index (χ3n) is 5.16. The van der Waals surface area contributed by atoms with E-state index in [4.69, 9.17) is 5.73 Å². The zero-order chi connectivity index (χ0) is 23.9. The Morgan fingerprint density at radius 2 is 1.18 bits per heavy atom. The first-order valence-corrected chi connectivity index (χ1v) is 11.4. The summed E-state index contributed by atoms with van der Waals surface area (Å²) in [5.74, 6) is 0. The Morgan fingerprint density at radius 1 is 0.758 bits per heavy atom. The Bertz CT molecular complexity index is 1090. The van der Waals surface area contributed by atoms with Crippen molar-refractivity contribution < 1.29 is 41.1 Å². The van der Waals surface area contributed by atoms with Crippen LogP contribution in [0.15, 0.2) is 78.9 Å². The first kappa shape index (κ1) is 29.0. The Morgan fingerprint density at radius 3 is 1.58 bits per heavy atom. The first-order chi connectivity index (χ1) is 14.9. The van der Waals surface area contributed by atoms with Crippen LogP contribution in [0.3, 0.4) is 0 Å². The van der Waals surface area contributed by atoms with Crippen LogP contribution in [0.2, 0.25) is 0 Å². The van der Waals surface area contributed by atoms with Gasteiger partial charge in [0.2, 0.25) is 0 Å². The Labute approximate surface area is 206 Å². The molecule has 4 nitrogen and oxygen atoms in total. The number of hydrogen-bond acceptors (Lipinski definition) is 3. The molecule has 0 amide bonds. The summed E-state index contributed by atoms with van der Waals surface area (Å²) in [5.41, 5.74) is 5.67. The van der Waals surface area contributed by atoms with Crippen LogP contribution in [0.4, 0.5) is 13.2 Å². The van der Waals surface area contributed by atoms with Crippen LogP contribution < -0.4 is 10.5 Å². The number of halogens is 3. The zero-order valence-corrected chi connectivity index (χ0v) is 21.0. The maximum atomic E-state index is 12.7. The number of alkyl halides is 3. The van der Waals surface area contributed by atoms with Gasteiger partial charge in [0.25, 0.3) is 0 Å². The summed E-state index contributed by atoms with van der Waals surface area (Å²) in [6.45, 7) is 6.44. The summed E-state index contributed by atoms with van der Waals surface area (Å²) in [5, 5.41) is 0. The number of hydrogen-bond donors (Lipinski definition) is 2. The molecule has 9 heteroatoms. The van der Waals surface area contributed by atoms with E-state index < -0.39 is 27.6 Å². The molecular weight excluding hydrogens is 538 g/mol. The van der Waals surface area contributed by atoms with Gasteiger partial charge < -0.3 is 5.73 Å². The van der Waals surface area contributed by atoms with Crippen molar-refractivity contribution in [2.75, 3.05) is 0 Å². The van der Waals surface area contributed by atoms with Crippen molar-refractivity contribution in [3.63, 3.8) is 0 Å². The van der Waals surface area contributed by atoms with Crippen molar-refractivity contribution in [1.29, 1.82) is 0 Å². The second kappa shape index (κ2) is 12.4. The summed E-state index contributed by atoms with van der Waals surface area (Å²) in [6.07, 6.45) is 0. The van der Waals surface area contributed by atoms with Gasteiger partial charge in [-0.3, -0.25) is 0 Å². The van der Waals surface area contributed by atoms with Gasteiger partial charge in [-0.2, -0.15) is 17.9 Å². The van der Waals surface area contributed by atoms with E-state index in [2.05, 4.69) is 39.0 Å². The normalized spacial score (nSPS) is 13.2. The second-order valence-corrected chi connectivity index (χ2v) is 9.11. The molecule has 0 heterocycles. The molecule has 33 heavy (non-hydrogen) atoms. The Kier molecular flexibility index (Phi) is 10.9. The van der Waals surface area contributed by atoms with Crippen molar-refractivity contribution in [3.05, 3.63) is 107 Å². The molecule has 0 aliphatic heterocycles. The van der Waals surface area contributed by atoms with Crippen molar-refractivity contribution in [1.82, 2.24) is 4.72 Å². The summed E-state index contributed by atoms with van der Waals surface area (Å²) in [7, 11) is -5.53. The maximum Gasteiger partial charge on any atom is 0.511 e. The van der Waals surface area contributed by atoms with Crippen LogP contribution in [0, 0.1) is 20.8 Å². The van der Waals surface area contributed by atoms with Crippen LogP contribution in [0.25, 0.3) is 0 Å². The number of rotatable bonds is 5. The average Bonchev–Trinajstić information content (AvgIpc) is 2.76. The predicted octanol–water partition coefficient (Wildman–Crippen LogP) is 5.48. The molecule has 0 aliphatic rings. The van der Waals surface area contributed by atoms with Gasteiger partial charge in [-0.1, -0.05) is 78.9 Å². The van der Waals surface area contributed by atoms with Gasteiger partial charge in [0.1, 0.15) is 0 Å². The summed E-state index contributed by atoms with van der Waals surface area (Å²) in [6, 6.07) is 20.4. The molecule has 0 radical (unpaired) electrons. The molecule has 0 unspecified atom stereocenters. The summed E-state index contributed by atoms with van der Waals surface area (Å²) in [4.78, 5) is 0. The van der Waals surface area contributed by atoms with Gasteiger partial charge in [0, 0.05) is 19.5 Å². The van der Waals surface area contributed by atoms with Crippen LogP contribution in [-0.2, 0) is 29.5 Å². The Balaban J connectivity index is 0.000000458. The number of aryl methyl sites for hydroxylation is 2. The number of nitrogens with one attached hydrogen (secondary N) is 1. The van der Waals surface area contributed by atoms with Crippen LogP contribution >= 0.6 is 0 Å². The Hall–Kier alpha value is -2.06. The van der Waals surface area contributed by atoms with Gasteiger partial charge in [0.15, 0.2) is 0 Å².